The standard InChI is InChI=1S/C11H22N2O3S2/c1-3-16-7-4-6-12-11(17)13(2)10-5-8-18(14,15)9-10/h10H,3-9H2,1-2H3,(H,12,17). The number of nitrogens with one attached hydrogen (secondary N) is 1. The molecule has 0 amide bonds. The average molecular weight is 294 g/mol. The van der Waals surface area contributed by atoms with Crippen LogP contribution in [0.4, 0.5) is 0 Å². The van der Waals surface area contributed by atoms with Gasteiger partial charge in [-0.05, 0) is 32.0 Å². The highest BCUT2D eigenvalue weighted by Crippen LogP contribution is 2.16. The third-order valence-corrected chi connectivity index (χ3v) is 5.20. The van der Waals surface area contributed by atoms with Gasteiger partial charge in [-0.3, -0.25) is 0 Å². The highest BCUT2D eigenvalue weighted by molar-refractivity contribution is 7.91. The molecule has 0 aromatic rings. The van der Waals surface area contributed by atoms with Crippen LogP contribution in [0.3, 0.4) is 0 Å². The maximum Gasteiger partial charge on any atom is 0.168 e. The van der Waals surface area contributed by atoms with Crippen LogP contribution < -0.4 is 5.32 Å². The SMILES string of the molecule is CCOCCCNC(=S)N(C)C1CCS(=O)(=O)C1. The van der Waals surface area contributed by atoms with Crippen LogP contribution in [0.15, 0.2) is 0 Å². The van der Waals surface area contributed by atoms with Gasteiger partial charge in [0.1, 0.15) is 0 Å². The van der Waals surface area contributed by atoms with E-state index < -0.39 is 9.84 Å². The molecule has 106 valence electrons. The van der Waals surface area contributed by atoms with Gasteiger partial charge in [-0.15, -0.1) is 0 Å². The van der Waals surface area contributed by atoms with Crippen LogP contribution in [0.2, 0.25) is 0 Å². The molecule has 0 radical (unpaired) electrons. The monoisotopic (exact) mass is 294 g/mol. The minimum Gasteiger partial charge on any atom is -0.382 e. The molecule has 1 aliphatic heterocycles. The Morgan fingerprint density at radius 3 is 2.83 bits per heavy atom. The van der Waals surface area contributed by atoms with E-state index in [1.54, 1.807) is 0 Å². The zero-order valence-corrected chi connectivity index (χ0v) is 12.6. The Hall–Kier alpha value is -0.400. The van der Waals surface area contributed by atoms with Crippen molar-refractivity contribution in [3.63, 3.8) is 0 Å². The number of hydrogen-bond donors (Lipinski definition) is 1. The fraction of sp³-hybridized carbons (Fsp3) is 0.909. The second-order valence-electron chi connectivity index (χ2n) is 4.45. The fourth-order valence-corrected chi connectivity index (χ4v) is 3.91. The van der Waals surface area contributed by atoms with Crippen molar-refractivity contribution in [3.05, 3.63) is 0 Å². The number of sulfone groups is 1. The molecule has 1 unspecified atom stereocenters. The quantitative estimate of drug-likeness (QED) is 0.565. The number of thiocarbonyl (C=S) groups is 1. The number of rotatable bonds is 6. The summed E-state index contributed by atoms with van der Waals surface area (Å²) in [6.45, 7) is 4.16. The summed E-state index contributed by atoms with van der Waals surface area (Å²) >= 11 is 5.25. The first-order chi connectivity index (χ1) is 8.46. The van der Waals surface area contributed by atoms with Crippen molar-refractivity contribution in [3.8, 4) is 0 Å². The smallest absolute Gasteiger partial charge is 0.168 e. The summed E-state index contributed by atoms with van der Waals surface area (Å²) in [5, 5.41) is 3.75. The third kappa shape index (κ3) is 5.07. The van der Waals surface area contributed by atoms with Crippen molar-refractivity contribution < 1.29 is 13.2 Å². The van der Waals surface area contributed by atoms with Gasteiger partial charge in [0.05, 0.1) is 11.5 Å². The lowest BCUT2D eigenvalue weighted by Gasteiger charge is -2.26. The molecular formula is C11H22N2O3S2. The first-order valence-corrected chi connectivity index (χ1v) is 8.48. The number of nitrogens with zero attached hydrogens (tertiary/aromatic N) is 1. The van der Waals surface area contributed by atoms with Crippen molar-refractivity contribution in [1.29, 1.82) is 0 Å². The van der Waals surface area contributed by atoms with Gasteiger partial charge in [-0.1, -0.05) is 0 Å². The van der Waals surface area contributed by atoms with E-state index >= 15 is 0 Å². The first kappa shape index (κ1) is 15.7. The Bertz CT molecular complexity index is 370. The zero-order valence-electron chi connectivity index (χ0n) is 11.0. The fourth-order valence-electron chi connectivity index (χ4n) is 1.89. The Balaban J connectivity index is 2.25. The topological polar surface area (TPSA) is 58.6 Å². The Labute approximate surface area is 115 Å². The van der Waals surface area contributed by atoms with Crippen molar-refractivity contribution in [2.45, 2.75) is 25.8 Å². The summed E-state index contributed by atoms with van der Waals surface area (Å²) in [6, 6.07) is 0.0156. The summed E-state index contributed by atoms with van der Waals surface area (Å²) in [6.07, 6.45) is 1.56. The van der Waals surface area contributed by atoms with Crippen LogP contribution in [-0.4, -0.2) is 62.8 Å². The van der Waals surface area contributed by atoms with Gasteiger partial charge in [0, 0.05) is 32.8 Å². The van der Waals surface area contributed by atoms with E-state index in [9.17, 15) is 8.42 Å². The molecule has 0 aromatic heterocycles. The van der Waals surface area contributed by atoms with Gasteiger partial charge in [-0.2, -0.15) is 0 Å². The molecule has 0 aliphatic carbocycles. The molecule has 1 fully saturated rings. The largest absolute Gasteiger partial charge is 0.382 e. The summed E-state index contributed by atoms with van der Waals surface area (Å²) in [5.74, 6) is 0.485. The number of ether oxygens (including phenoxy) is 1. The minimum absolute atomic E-state index is 0.0156. The maximum absolute atomic E-state index is 11.4. The van der Waals surface area contributed by atoms with Gasteiger partial charge < -0.3 is 15.0 Å². The molecule has 0 spiro atoms. The summed E-state index contributed by atoms with van der Waals surface area (Å²) < 4.78 is 28.0. The lowest BCUT2D eigenvalue weighted by atomic mass is 10.2. The van der Waals surface area contributed by atoms with E-state index in [1.807, 2.05) is 18.9 Å². The third-order valence-electron chi connectivity index (χ3n) is 3.02. The minimum atomic E-state index is -2.86. The van der Waals surface area contributed by atoms with Crippen molar-refractivity contribution in [2.75, 3.05) is 38.3 Å². The summed E-state index contributed by atoms with van der Waals surface area (Å²) in [7, 11) is -1.01. The molecule has 0 bridgehead atoms. The van der Waals surface area contributed by atoms with Crippen LogP contribution in [0.25, 0.3) is 0 Å². The lowest BCUT2D eigenvalue weighted by Crippen LogP contribution is -2.44. The molecule has 0 saturated carbocycles. The molecule has 1 atom stereocenters. The summed E-state index contributed by atoms with van der Waals surface area (Å²) in [4.78, 5) is 1.86. The van der Waals surface area contributed by atoms with E-state index in [0.717, 1.165) is 19.6 Å². The molecule has 1 aliphatic rings. The molecular weight excluding hydrogens is 272 g/mol. The molecule has 5 nitrogen and oxygen atoms in total. The second-order valence-corrected chi connectivity index (χ2v) is 7.07. The predicted octanol–water partition coefficient (Wildman–Crippen LogP) is 0.406. The highest BCUT2D eigenvalue weighted by atomic mass is 32.2. The molecule has 7 heteroatoms. The van der Waals surface area contributed by atoms with E-state index in [1.165, 1.54) is 0 Å². The molecule has 1 rings (SSSR count). The maximum atomic E-state index is 11.4. The molecule has 1 saturated heterocycles. The Morgan fingerprint density at radius 2 is 2.28 bits per heavy atom. The predicted molar refractivity (Wildman–Crippen MR) is 76.5 cm³/mol. The molecule has 1 heterocycles. The van der Waals surface area contributed by atoms with Crippen molar-refractivity contribution in [2.24, 2.45) is 0 Å². The Morgan fingerprint density at radius 1 is 1.56 bits per heavy atom. The second kappa shape index (κ2) is 7.25. The number of hydrogen-bond acceptors (Lipinski definition) is 4. The van der Waals surface area contributed by atoms with Gasteiger partial charge in [0.2, 0.25) is 0 Å². The van der Waals surface area contributed by atoms with Crippen molar-refractivity contribution >= 4 is 27.2 Å². The normalized spacial score (nSPS) is 21.8. The lowest BCUT2D eigenvalue weighted by molar-refractivity contribution is 0.145. The van der Waals surface area contributed by atoms with E-state index in [2.05, 4.69) is 5.32 Å². The van der Waals surface area contributed by atoms with Crippen LogP contribution in [0, 0.1) is 0 Å². The summed E-state index contributed by atoms with van der Waals surface area (Å²) in [5.41, 5.74) is 0. The van der Waals surface area contributed by atoms with Crippen molar-refractivity contribution in [1.82, 2.24) is 10.2 Å². The Kier molecular flexibility index (Phi) is 6.31. The molecule has 1 N–H and O–H groups in total. The molecule has 18 heavy (non-hydrogen) atoms. The van der Waals surface area contributed by atoms with E-state index in [4.69, 9.17) is 17.0 Å². The van der Waals surface area contributed by atoms with Gasteiger partial charge in [-0.25, -0.2) is 8.42 Å². The van der Waals surface area contributed by atoms with Crippen LogP contribution in [-0.2, 0) is 14.6 Å². The van der Waals surface area contributed by atoms with Gasteiger partial charge in [0.15, 0.2) is 14.9 Å². The van der Waals surface area contributed by atoms with E-state index in [0.29, 0.717) is 18.1 Å². The molecule has 0 aromatic carbocycles. The average Bonchev–Trinajstić information content (AvgIpc) is 2.68. The van der Waals surface area contributed by atoms with Crippen LogP contribution in [0.5, 0.6) is 0 Å². The van der Waals surface area contributed by atoms with Crippen LogP contribution in [0.1, 0.15) is 19.8 Å². The first-order valence-electron chi connectivity index (χ1n) is 6.25. The zero-order chi connectivity index (χ0) is 13.6. The van der Waals surface area contributed by atoms with E-state index in [-0.39, 0.29) is 17.5 Å². The van der Waals surface area contributed by atoms with Gasteiger partial charge >= 0.3 is 0 Å². The van der Waals surface area contributed by atoms with Crippen LogP contribution >= 0.6 is 12.2 Å². The highest BCUT2D eigenvalue weighted by Gasteiger charge is 2.31. The van der Waals surface area contributed by atoms with Gasteiger partial charge in [0.25, 0.3) is 0 Å².